The van der Waals surface area contributed by atoms with Gasteiger partial charge in [0.05, 0.1) is 21.1 Å². The van der Waals surface area contributed by atoms with Crippen molar-refractivity contribution < 1.29 is 18.3 Å². The van der Waals surface area contributed by atoms with Crippen LogP contribution >= 0.6 is 23.2 Å². The molecule has 0 spiro atoms. The second kappa shape index (κ2) is 4.54. The van der Waals surface area contributed by atoms with Crippen molar-refractivity contribution >= 4 is 34.2 Å². The minimum Gasteiger partial charge on any atom is -0.374 e. The first-order valence-electron chi connectivity index (χ1n) is 5.33. The Hall–Kier alpha value is -0.980. The largest absolute Gasteiger partial charge is 0.424 e. The van der Waals surface area contributed by atoms with E-state index >= 15 is 0 Å². The fourth-order valence-corrected chi connectivity index (χ4v) is 2.02. The molecule has 8 heteroatoms. The average molecular weight is 313 g/mol. The van der Waals surface area contributed by atoms with Crippen LogP contribution in [0.4, 0.5) is 13.2 Å². The fraction of sp³-hybridized carbons (Fsp3) is 0.364. The Morgan fingerprint density at radius 2 is 1.84 bits per heavy atom. The van der Waals surface area contributed by atoms with Crippen LogP contribution in [0.5, 0.6) is 0 Å². The summed E-state index contributed by atoms with van der Waals surface area (Å²) in [6.07, 6.45) is -5.39. The van der Waals surface area contributed by atoms with Crippen molar-refractivity contribution in [3.05, 3.63) is 28.0 Å². The van der Waals surface area contributed by atoms with Crippen molar-refractivity contribution in [3.63, 3.8) is 0 Å². The Balaban J connectivity index is 2.63. The number of hydrogen-bond acceptors (Lipinski definition) is 2. The molecule has 1 aromatic heterocycles. The minimum atomic E-state index is -4.83. The normalized spacial score (nSPS) is 15.7. The van der Waals surface area contributed by atoms with Crippen molar-refractivity contribution in [1.29, 1.82) is 0 Å². The summed E-state index contributed by atoms with van der Waals surface area (Å²) in [5.41, 5.74) is -2.54. The monoisotopic (exact) mass is 312 g/mol. The molecule has 0 aliphatic carbocycles. The third-order valence-electron chi connectivity index (χ3n) is 2.90. The zero-order chi connectivity index (χ0) is 14.4. The molecule has 2 aromatic rings. The Kier molecular flexibility index (Phi) is 3.45. The lowest BCUT2D eigenvalue weighted by Gasteiger charge is -2.26. The third kappa shape index (κ3) is 2.28. The van der Waals surface area contributed by atoms with Crippen molar-refractivity contribution in [1.82, 2.24) is 9.97 Å². The maximum Gasteiger partial charge on any atom is 0.424 e. The Morgan fingerprint density at radius 1 is 1.26 bits per heavy atom. The van der Waals surface area contributed by atoms with Gasteiger partial charge in [0.1, 0.15) is 5.82 Å². The van der Waals surface area contributed by atoms with Crippen LogP contribution in [0.25, 0.3) is 11.0 Å². The predicted octanol–water partition coefficient (Wildman–Crippen LogP) is 4.03. The number of nitrogens with zero attached hydrogens (tertiary/aromatic N) is 1. The number of alkyl halides is 3. The molecule has 2 rings (SSSR count). The lowest BCUT2D eigenvalue weighted by atomic mass is 9.99. The number of halogens is 5. The zero-order valence-corrected chi connectivity index (χ0v) is 11.2. The molecule has 0 aliphatic heterocycles. The second-order valence-electron chi connectivity index (χ2n) is 4.08. The van der Waals surface area contributed by atoms with Gasteiger partial charge in [0, 0.05) is 0 Å². The molecule has 19 heavy (non-hydrogen) atoms. The quantitative estimate of drug-likeness (QED) is 0.879. The average Bonchev–Trinajstić information content (AvgIpc) is 2.70. The summed E-state index contributed by atoms with van der Waals surface area (Å²) in [4.78, 5) is 6.19. The van der Waals surface area contributed by atoms with Gasteiger partial charge in [0.15, 0.2) is 0 Å². The van der Waals surface area contributed by atoms with E-state index in [9.17, 15) is 18.3 Å². The van der Waals surface area contributed by atoms with Gasteiger partial charge >= 0.3 is 6.18 Å². The molecule has 0 amide bonds. The van der Waals surface area contributed by atoms with Gasteiger partial charge in [0.2, 0.25) is 5.60 Å². The Labute approximate surface area is 116 Å². The smallest absolute Gasteiger partial charge is 0.374 e. The van der Waals surface area contributed by atoms with E-state index in [1.165, 1.54) is 19.1 Å². The highest BCUT2D eigenvalue weighted by Crippen LogP contribution is 2.41. The number of imidazole rings is 1. The molecule has 1 heterocycles. The summed E-state index contributed by atoms with van der Waals surface area (Å²) in [6, 6.07) is 2.70. The molecule has 1 atom stereocenters. The third-order valence-corrected chi connectivity index (χ3v) is 3.62. The number of nitrogens with one attached hydrogen (secondary N) is 1. The first-order chi connectivity index (χ1) is 8.69. The second-order valence-corrected chi connectivity index (χ2v) is 4.89. The van der Waals surface area contributed by atoms with Gasteiger partial charge in [-0.1, -0.05) is 30.1 Å². The summed E-state index contributed by atoms with van der Waals surface area (Å²) >= 11 is 11.5. The number of aromatic amines is 1. The van der Waals surface area contributed by atoms with Gasteiger partial charge < -0.3 is 10.1 Å². The van der Waals surface area contributed by atoms with Crippen molar-refractivity contribution in [2.24, 2.45) is 0 Å². The highest BCUT2D eigenvalue weighted by Gasteiger charge is 2.55. The molecule has 0 aliphatic rings. The van der Waals surface area contributed by atoms with Crippen LogP contribution in [0.3, 0.4) is 0 Å². The van der Waals surface area contributed by atoms with Crippen molar-refractivity contribution in [2.45, 2.75) is 25.1 Å². The van der Waals surface area contributed by atoms with Gasteiger partial charge in [-0.05, 0) is 18.6 Å². The summed E-state index contributed by atoms with van der Waals surface area (Å²) in [5, 5.41) is 10.2. The molecular weight excluding hydrogens is 304 g/mol. The number of hydrogen-bond donors (Lipinski definition) is 2. The Morgan fingerprint density at radius 3 is 2.37 bits per heavy atom. The van der Waals surface area contributed by atoms with E-state index in [0.717, 1.165) is 0 Å². The molecule has 3 nitrogen and oxygen atoms in total. The van der Waals surface area contributed by atoms with Crippen LogP contribution in [-0.2, 0) is 5.60 Å². The topological polar surface area (TPSA) is 48.9 Å². The number of H-pyrrole nitrogens is 1. The van der Waals surface area contributed by atoms with E-state index in [1.54, 1.807) is 0 Å². The lowest BCUT2D eigenvalue weighted by Crippen LogP contribution is -2.42. The van der Waals surface area contributed by atoms with Crippen LogP contribution in [0.1, 0.15) is 19.2 Å². The zero-order valence-electron chi connectivity index (χ0n) is 9.65. The number of rotatable bonds is 2. The highest BCUT2D eigenvalue weighted by atomic mass is 35.5. The van der Waals surface area contributed by atoms with E-state index in [-0.39, 0.29) is 21.1 Å². The highest BCUT2D eigenvalue weighted by molar-refractivity contribution is 6.42. The molecule has 104 valence electrons. The van der Waals surface area contributed by atoms with Gasteiger partial charge in [0.25, 0.3) is 0 Å². The van der Waals surface area contributed by atoms with E-state index in [1.807, 2.05) is 0 Å². The lowest BCUT2D eigenvalue weighted by molar-refractivity contribution is -0.270. The number of fused-ring (bicyclic) bond motifs is 1. The van der Waals surface area contributed by atoms with Gasteiger partial charge in [-0.25, -0.2) is 4.98 Å². The first kappa shape index (κ1) is 14.4. The molecule has 0 fully saturated rings. The molecule has 1 aromatic carbocycles. The molecule has 2 N–H and O–H groups in total. The molecule has 0 saturated heterocycles. The van der Waals surface area contributed by atoms with Crippen LogP contribution in [-0.4, -0.2) is 21.3 Å². The molecule has 0 saturated carbocycles. The molecular formula is C11H9Cl2F3N2O. The first-order valence-corrected chi connectivity index (χ1v) is 6.09. The summed E-state index contributed by atoms with van der Waals surface area (Å²) in [5.74, 6) is -0.573. The van der Waals surface area contributed by atoms with Gasteiger partial charge in [-0.2, -0.15) is 13.2 Å². The van der Waals surface area contributed by atoms with Crippen LogP contribution in [0.2, 0.25) is 10.0 Å². The number of benzene rings is 1. The fourth-order valence-electron chi connectivity index (χ4n) is 1.70. The van der Waals surface area contributed by atoms with E-state index < -0.39 is 24.0 Å². The maximum atomic E-state index is 12.9. The number of aliphatic hydroxyl groups is 1. The van der Waals surface area contributed by atoms with Crippen LogP contribution in [0.15, 0.2) is 12.1 Å². The van der Waals surface area contributed by atoms with Gasteiger partial charge in [-0.15, -0.1) is 0 Å². The van der Waals surface area contributed by atoms with E-state index in [4.69, 9.17) is 23.2 Å². The summed E-state index contributed by atoms with van der Waals surface area (Å²) in [6.45, 7) is 1.22. The van der Waals surface area contributed by atoms with Crippen molar-refractivity contribution in [2.75, 3.05) is 0 Å². The summed E-state index contributed by atoms with van der Waals surface area (Å²) < 4.78 is 38.7. The maximum absolute atomic E-state index is 12.9. The Bertz CT molecular complexity index is 587. The summed E-state index contributed by atoms with van der Waals surface area (Å²) in [7, 11) is 0. The van der Waals surface area contributed by atoms with Gasteiger partial charge in [-0.3, -0.25) is 0 Å². The van der Waals surface area contributed by atoms with Crippen molar-refractivity contribution in [3.8, 4) is 0 Å². The standard InChI is InChI=1S/C11H9Cl2F3N2O/c1-2-10(19,11(14,15)16)9-17-7-3-5(12)6(13)4-8(7)18-9/h3-4,19H,2H2,1H3,(H,17,18). The SMILES string of the molecule is CCC(O)(c1nc2cc(Cl)c(Cl)cc2[nH]1)C(F)(F)F. The number of aromatic nitrogens is 2. The molecule has 0 bridgehead atoms. The van der Waals surface area contributed by atoms with E-state index in [0.29, 0.717) is 0 Å². The molecule has 1 unspecified atom stereocenters. The molecule has 0 radical (unpaired) electrons. The van der Waals surface area contributed by atoms with Crippen LogP contribution in [0, 0.1) is 0 Å². The van der Waals surface area contributed by atoms with Crippen LogP contribution < -0.4 is 0 Å². The minimum absolute atomic E-state index is 0.180. The predicted molar refractivity (Wildman–Crippen MR) is 66.4 cm³/mol. The van der Waals surface area contributed by atoms with E-state index in [2.05, 4.69) is 9.97 Å².